The minimum atomic E-state index is -0.169. The van der Waals surface area contributed by atoms with Crippen LogP contribution < -0.4 is 16.0 Å². The molecule has 3 N–H and O–H groups in total. The number of benzene rings is 1. The minimum Gasteiger partial charge on any atom is -0.355 e. The van der Waals surface area contributed by atoms with Gasteiger partial charge >= 0.3 is 0 Å². The molecule has 1 aromatic carbocycles. The summed E-state index contributed by atoms with van der Waals surface area (Å²) < 4.78 is 0. The van der Waals surface area contributed by atoms with Crippen molar-refractivity contribution in [2.75, 3.05) is 17.6 Å². The number of nitrogens with one attached hydrogen (secondary N) is 3. The summed E-state index contributed by atoms with van der Waals surface area (Å²) in [4.78, 5) is 23.8. The molecule has 5 nitrogen and oxygen atoms in total. The summed E-state index contributed by atoms with van der Waals surface area (Å²) in [5, 5.41) is 9.41. The van der Waals surface area contributed by atoms with E-state index in [4.69, 9.17) is 0 Å². The number of rotatable bonds is 19. The Labute approximate surface area is 224 Å². The third-order valence-corrected chi connectivity index (χ3v) is 7.86. The van der Waals surface area contributed by atoms with Crippen LogP contribution >= 0.6 is 11.8 Å². The molecule has 1 aromatic rings. The van der Waals surface area contributed by atoms with Gasteiger partial charge in [-0.15, -0.1) is 11.8 Å². The molecule has 0 radical (unpaired) electrons. The van der Waals surface area contributed by atoms with E-state index in [1.165, 1.54) is 90.4 Å². The average molecular weight is 516 g/mol. The Bertz CT molecular complexity index is 783. The highest BCUT2D eigenvalue weighted by Gasteiger charge is 2.30. The predicted octanol–water partition coefficient (Wildman–Crippen LogP) is 7.50. The molecule has 1 saturated heterocycles. The number of allylic oxidation sites excluding steroid dienone is 2. The Kier molecular flexibility index (Phi) is 16.3. The lowest BCUT2D eigenvalue weighted by molar-refractivity contribution is -0.122. The third-order valence-electron chi connectivity index (χ3n) is 6.60. The average Bonchev–Trinajstić information content (AvgIpc) is 3.36. The van der Waals surface area contributed by atoms with E-state index in [1.54, 1.807) is 11.8 Å². The van der Waals surface area contributed by atoms with Gasteiger partial charge in [-0.05, 0) is 49.8 Å². The van der Waals surface area contributed by atoms with Crippen molar-refractivity contribution in [1.82, 2.24) is 10.6 Å². The predicted molar refractivity (Wildman–Crippen MR) is 155 cm³/mol. The third kappa shape index (κ3) is 13.5. The van der Waals surface area contributed by atoms with Gasteiger partial charge in [-0.3, -0.25) is 14.9 Å². The van der Waals surface area contributed by atoms with Crippen LogP contribution in [0.15, 0.2) is 36.4 Å². The molecule has 36 heavy (non-hydrogen) atoms. The molecular weight excluding hydrogens is 466 g/mol. The van der Waals surface area contributed by atoms with Crippen LogP contribution in [-0.4, -0.2) is 30.2 Å². The van der Waals surface area contributed by atoms with E-state index in [0.717, 1.165) is 30.0 Å². The smallest absolute Gasteiger partial charge is 0.238 e. The second-order valence-corrected chi connectivity index (χ2v) is 11.1. The van der Waals surface area contributed by atoms with Gasteiger partial charge in [0.1, 0.15) is 0 Å². The molecule has 2 rings (SSSR count). The summed E-state index contributed by atoms with van der Waals surface area (Å²) in [5.74, 6) is 0.768. The van der Waals surface area contributed by atoms with Gasteiger partial charge in [0.25, 0.3) is 0 Å². The molecule has 2 amide bonds. The number of amides is 2. The zero-order chi connectivity index (χ0) is 25.8. The van der Waals surface area contributed by atoms with Crippen LogP contribution in [0.3, 0.4) is 0 Å². The lowest BCUT2D eigenvalue weighted by atomic mass is 10.1. The van der Waals surface area contributed by atoms with Crippen LogP contribution in [0.25, 0.3) is 0 Å². The molecule has 0 aromatic heterocycles. The Morgan fingerprint density at radius 3 is 2.25 bits per heavy atom. The summed E-state index contributed by atoms with van der Waals surface area (Å²) in [5.41, 5.74) is 1.86. The van der Waals surface area contributed by atoms with Crippen molar-refractivity contribution in [2.24, 2.45) is 0 Å². The normalized spacial score (nSPS) is 17.5. The second kappa shape index (κ2) is 19.3. The molecule has 1 aliphatic rings. The van der Waals surface area contributed by atoms with Gasteiger partial charge in [-0.2, -0.15) is 0 Å². The first-order valence-electron chi connectivity index (χ1n) is 14.3. The van der Waals surface area contributed by atoms with Gasteiger partial charge in [-0.25, -0.2) is 0 Å². The first-order chi connectivity index (χ1) is 17.6. The first kappa shape index (κ1) is 30.4. The molecule has 1 aliphatic heterocycles. The van der Waals surface area contributed by atoms with Gasteiger partial charge in [0, 0.05) is 24.9 Å². The number of anilines is 1. The van der Waals surface area contributed by atoms with Crippen molar-refractivity contribution >= 4 is 29.3 Å². The van der Waals surface area contributed by atoms with E-state index in [-0.39, 0.29) is 23.2 Å². The largest absolute Gasteiger partial charge is 0.355 e. The van der Waals surface area contributed by atoms with Crippen molar-refractivity contribution < 1.29 is 9.59 Å². The monoisotopic (exact) mass is 515 g/mol. The topological polar surface area (TPSA) is 70.2 Å². The Balaban J connectivity index is 1.44. The van der Waals surface area contributed by atoms with E-state index >= 15 is 0 Å². The van der Waals surface area contributed by atoms with Gasteiger partial charge in [0.15, 0.2) is 0 Å². The molecule has 202 valence electrons. The molecule has 0 bridgehead atoms. The number of hydrogen-bond acceptors (Lipinski definition) is 4. The van der Waals surface area contributed by atoms with E-state index in [9.17, 15) is 9.59 Å². The second-order valence-electron chi connectivity index (χ2n) is 9.97. The molecule has 1 fully saturated rings. The molecule has 1 heterocycles. The Hall–Kier alpha value is -1.79. The SMILES string of the molecule is CCCCCCCCC/C=C\CCCCCCCNC(=O)[C@@H]1CSC(c2cccc(NC(C)=O)c2)N1. The minimum absolute atomic E-state index is 0.0686. The maximum absolute atomic E-state index is 12.5. The molecule has 6 heteroatoms. The number of carbonyl (C=O) groups is 2. The summed E-state index contributed by atoms with van der Waals surface area (Å²) in [6.45, 7) is 4.53. The quantitative estimate of drug-likeness (QED) is 0.132. The lowest BCUT2D eigenvalue weighted by Crippen LogP contribution is -2.42. The fraction of sp³-hybridized carbons (Fsp3) is 0.667. The van der Waals surface area contributed by atoms with Crippen molar-refractivity contribution in [1.29, 1.82) is 0 Å². The van der Waals surface area contributed by atoms with Crippen LogP contribution in [0.5, 0.6) is 0 Å². The highest BCUT2D eigenvalue weighted by atomic mass is 32.2. The number of unbranched alkanes of at least 4 members (excludes halogenated alkanes) is 12. The summed E-state index contributed by atoms with van der Waals surface area (Å²) in [6, 6.07) is 7.64. The maximum atomic E-state index is 12.5. The highest BCUT2D eigenvalue weighted by Crippen LogP contribution is 2.33. The van der Waals surface area contributed by atoms with E-state index in [2.05, 4.69) is 35.0 Å². The first-order valence-corrected chi connectivity index (χ1v) is 15.3. The zero-order valence-electron chi connectivity index (χ0n) is 22.7. The van der Waals surface area contributed by atoms with Gasteiger partial charge in [0.2, 0.25) is 11.8 Å². The molecule has 2 atom stereocenters. The molecular formula is C30H49N3O2S. The standard InChI is InChI=1S/C30H49N3O2S/c1-3-4-5-6-7-8-9-10-11-12-13-14-15-16-17-18-22-31-29(35)28-24-36-30(33-28)26-20-19-21-27(23-26)32-25(2)34/h11-12,19-21,23,28,30,33H,3-10,13-18,22,24H2,1-2H3,(H,31,35)(H,32,34)/b12-11-/t28-,30?/m0/s1. The van der Waals surface area contributed by atoms with Gasteiger partial charge < -0.3 is 10.6 Å². The van der Waals surface area contributed by atoms with Crippen LogP contribution in [0.1, 0.15) is 115 Å². The van der Waals surface area contributed by atoms with E-state index in [1.807, 2.05) is 24.3 Å². The molecule has 0 aliphatic carbocycles. The van der Waals surface area contributed by atoms with Gasteiger partial charge in [-0.1, -0.05) is 89.0 Å². The van der Waals surface area contributed by atoms with Crippen LogP contribution in [-0.2, 0) is 9.59 Å². The summed E-state index contributed by atoms with van der Waals surface area (Å²) in [7, 11) is 0. The van der Waals surface area contributed by atoms with Crippen molar-refractivity contribution in [3.63, 3.8) is 0 Å². The lowest BCUT2D eigenvalue weighted by Gasteiger charge is -2.15. The number of thioether (sulfide) groups is 1. The van der Waals surface area contributed by atoms with Crippen LogP contribution in [0.2, 0.25) is 0 Å². The fourth-order valence-electron chi connectivity index (χ4n) is 4.51. The summed E-state index contributed by atoms with van der Waals surface area (Å²) in [6.07, 6.45) is 22.9. The van der Waals surface area contributed by atoms with Crippen molar-refractivity contribution in [3.05, 3.63) is 42.0 Å². The Morgan fingerprint density at radius 2 is 1.58 bits per heavy atom. The number of hydrogen-bond donors (Lipinski definition) is 3. The van der Waals surface area contributed by atoms with Gasteiger partial charge in [0.05, 0.1) is 11.4 Å². The summed E-state index contributed by atoms with van der Waals surface area (Å²) >= 11 is 1.73. The zero-order valence-corrected chi connectivity index (χ0v) is 23.5. The fourth-order valence-corrected chi connectivity index (χ4v) is 5.74. The van der Waals surface area contributed by atoms with Crippen LogP contribution in [0, 0.1) is 0 Å². The molecule has 1 unspecified atom stereocenters. The molecule has 0 saturated carbocycles. The van der Waals surface area contributed by atoms with Crippen molar-refractivity contribution in [3.8, 4) is 0 Å². The van der Waals surface area contributed by atoms with E-state index < -0.39 is 0 Å². The van der Waals surface area contributed by atoms with E-state index in [0.29, 0.717) is 0 Å². The van der Waals surface area contributed by atoms with Crippen molar-refractivity contribution in [2.45, 2.75) is 115 Å². The number of carbonyl (C=O) groups excluding carboxylic acids is 2. The maximum Gasteiger partial charge on any atom is 0.238 e. The Morgan fingerprint density at radius 1 is 0.944 bits per heavy atom. The van der Waals surface area contributed by atoms with Crippen LogP contribution in [0.4, 0.5) is 5.69 Å². The highest BCUT2D eigenvalue weighted by molar-refractivity contribution is 7.99. The molecule has 0 spiro atoms.